The Morgan fingerprint density at radius 1 is 0.686 bits per heavy atom. The monoisotopic (exact) mass is 492 g/mol. The minimum atomic E-state index is -0.743. The summed E-state index contributed by atoms with van der Waals surface area (Å²) in [4.78, 5) is 0. The highest BCUT2D eigenvalue weighted by Crippen LogP contribution is 2.66. The van der Waals surface area contributed by atoms with Crippen molar-refractivity contribution in [2.45, 2.75) is 154 Å². The van der Waals surface area contributed by atoms with E-state index in [0.717, 1.165) is 51.4 Å². The lowest BCUT2D eigenvalue weighted by Gasteiger charge is -2.55. The van der Waals surface area contributed by atoms with Gasteiger partial charge in [0.25, 0.3) is 0 Å². The molecule has 5 aliphatic rings. The summed E-state index contributed by atoms with van der Waals surface area (Å²) >= 11 is 0. The van der Waals surface area contributed by atoms with Gasteiger partial charge in [0.1, 0.15) is 0 Å². The predicted octanol–water partition coefficient (Wildman–Crippen LogP) is 5.23. The van der Waals surface area contributed by atoms with E-state index in [2.05, 4.69) is 27.7 Å². The first-order valence-corrected chi connectivity index (χ1v) is 14.4. The van der Waals surface area contributed by atoms with Crippen molar-refractivity contribution in [2.75, 3.05) is 0 Å². The number of epoxide rings is 1. The maximum atomic E-state index is 11.7. The average molecular weight is 493 g/mol. The molecule has 5 heteroatoms. The van der Waals surface area contributed by atoms with Gasteiger partial charge in [-0.1, -0.05) is 20.8 Å². The van der Waals surface area contributed by atoms with Crippen LogP contribution in [0.4, 0.5) is 0 Å². The molecule has 202 valence electrons. The topological polar surface area (TPSA) is 82.5 Å². The van der Waals surface area contributed by atoms with E-state index in [4.69, 9.17) is 9.47 Å². The Bertz CT molecular complexity index is 833. The Balaban J connectivity index is 1.42. The van der Waals surface area contributed by atoms with Crippen LogP contribution in [0.2, 0.25) is 0 Å². The van der Waals surface area contributed by atoms with Crippen LogP contribution in [0.15, 0.2) is 0 Å². The lowest BCUT2D eigenvalue weighted by molar-refractivity contribution is -0.207. The van der Waals surface area contributed by atoms with E-state index < -0.39 is 22.9 Å². The Kier molecular flexibility index (Phi) is 5.97. The summed E-state index contributed by atoms with van der Waals surface area (Å²) in [6, 6.07) is 0. The Morgan fingerprint density at radius 3 is 2.00 bits per heavy atom. The van der Waals surface area contributed by atoms with E-state index in [0.29, 0.717) is 24.2 Å². The maximum Gasteiger partial charge on any atom is 0.0953 e. The van der Waals surface area contributed by atoms with Gasteiger partial charge in [0.05, 0.1) is 40.7 Å². The average Bonchev–Trinajstić information content (AvgIpc) is 3.30. The van der Waals surface area contributed by atoms with Crippen LogP contribution in [0, 0.1) is 34.5 Å². The Labute approximate surface area is 213 Å². The molecular weight excluding hydrogens is 440 g/mol. The minimum Gasteiger partial charge on any atom is -0.390 e. The largest absolute Gasteiger partial charge is 0.390 e. The third-order valence-electron chi connectivity index (χ3n) is 12.4. The van der Waals surface area contributed by atoms with Crippen LogP contribution in [0.5, 0.6) is 0 Å². The second-order valence-corrected chi connectivity index (χ2v) is 15.3. The Hall–Kier alpha value is -0.200. The molecule has 0 amide bonds. The molecule has 11 unspecified atom stereocenters. The van der Waals surface area contributed by atoms with E-state index in [1.807, 2.05) is 27.7 Å². The number of aliphatic hydroxyl groups is 3. The van der Waals surface area contributed by atoms with Gasteiger partial charge in [-0.2, -0.15) is 0 Å². The lowest BCUT2D eigenvalue weighted by Crippen LogP contribution is -2.56. The van der Waals surface area contributed by atoms with Gasteiger partial charge in [-0.05, 0) is 127 Å². The fraction of sp³-hybridized carbons (Fsp3) is 1.00. The van der Waals surface area contributed by atoms with Crippen molar-refractivity contribution in [3.63, 3.8) is 0 Å². The van der Waals surface area contributed by atoms with Gasteiger partial charge in [-0.25, -0.2) is 0 Å². The molecule has 2 heterocycles. The normalized spacial score (nSPS) is 56.8. The highest BCUT2D eigenvalue weighted by molar-refractivity contribution is 5.17. The summed E-state index contributed by atoms with van der Waals surface area (Å²) in [6.07, 6.45) is 7.86. The second-order valence-electron chi connectivity index (χ2n) is 15.3. The number of hydrogen-bond donors (Lipinski definition) is 3. The molecule has 2 aliphatic heterocycles. The first kappa shape index (κ1) is 26.4. The molecule has 5 fully saturated rings. The van der Waals surface area contributed by atoms with Gasteiger partial charge in [0.2, 0.25) is 0 Å². The molecule has 5 nitrogen and oxygen atoms in total. The van der Waals surface area contributed by atoms with Crippen molar-refractivity contribution in [2.24, 2.45) is 34.5 Å². The zero-order chi connectivity index (χ0) is 25.8. The zero-order valence-corrected chi connectivity index (χ0v) is 23.6. The second kappa shape index (κ2) is 7.91. The molecule has 2 saturated heterocycles. The molecule has 0 aromatic heterocycles. The summed E-state index contributed by atoms with van der Waals surface area (Å²) in [7, 11) is 0. The van der Waals surface area contributed by atoms with E-state index in [1.54, 1.807) is 0 Å². The van der Waals surface area contributed by atoms with E-state index in [-0.39, 0.29) is 34.6 Å². The van der Waals surface area contributed by atoms with Crippen molar-refractivity contribution >= 4 is 0 Å². The van der Waals surface area contributed by atoms with Crippen molar-refractivity contribution in [3.05, 3.63) is 0 Å². The van der Waals surface area contributed by atoms with Gasteiger partial charge in [-0.3, -0.25) is 0 Å². The van der Waals surface area contributed by atoms with E-state index >= 15 is 0 Å². The number of fused-ring (bicyclic) bond motifs is 3. The summed E-state index contributed by atoms with van der Waals surface area (Å²) in [6.45, 7) is 17.5. The van der Waals surface area contributed by atoms with Gasteiger partial charge < -0.3 is 24.8 Å². The summed E-state index contributed by atoms with van der Waals surface area (Å²) in [5, 5.41) is 33.7. The van der Waals surface area contributed by atoms with E-state index in [9.17, 15) is 15.3 Å². The first-order valence-electron chi connectivity index (χ1n) is 14.4. The predicted molar refractivity (Wildman–Crippen MR) is 137 cm³/mol. The number of rotatable bonds is 3. The molecule has 3 saturated carbocycles. The van der Waals surface area contributed by atoms with Gasteiger partial charge in [0, 0.05) is 0 Å². The summed E-state index contributed by atoms with van der Waals surface area (Å²) < 4.78 is 13.1. The van der Waals surface area contributed by atoms with Crippen molar-refractivity contribution < 1.29 is 24.8 Å². The molecule has 11 atom stereocenters. The number of ether oxygens (including phenoxy) is 2. The molecule has 0 radical (unpaired) electrons. The molecule has 0 aromatic carbocycles. The third kappa shape index (κ3) is 3.97. The first-order chi connectivity index (χ1) is 16.0. The number of hydrogen-bond acceptors (Lipinski definition) is 5. The summed E-state index contributed by atoms with van der Waals surface area (Å²) in [5.41, 5.74) is -2.14. The quantitative estimate of drug-likeness (QED) is 0.470. The van der Waals surface area contributed by atoms with Gasteiger partial charge in [-0.15, -0.1) is 0 Å². The minimum absolute atomic E-state index is 0.0526. The fourth-order valence-corrected chi connectivity index (χ4v) is 9.93. The highest BCUT2D eigenvalue weighted by Gasteiger charge is 2.68. The van der Waals surface area contributed by atoms with Gasteiger partial charge in [0.15, 0.2) is 0 Å². The Morgan fingerprint density at radius 2 is 1.31 bits per heavy atom. The van der Waals surface area contributed by atoms with Crippen LogP contribution in [0.1, 0.15) is 113 Å². The van der Waals surface area contributed by atoms with Crippen molar-refractivity contribution in [3.8, 4) is 0 Å². The third-order valence-corrected chi connectivity index (χ3v) is 12.4. The van der Waals surface area contributed by atoms with Crippen LogP contribution in [-0.4, -0.2) is 56.0 Å². The standard InChI is InChI=1S/C30H52O5/c1-25(2)18-11-15-28(6,32)19(18)17-24-30(8,35-24)20(25)9-10-21-27(5)14-12-22(31)26(3,4)34-23(27)13-16-29(21,7)33/h18-24,31-33H,9-17H2,1-8H3. The molecule has 0 spiro atoms. The van der Waals surface area contributed by atoms with Crippen LogP contribution >= 0.6 is 0 Å². The smallest absolute Gasteiger partial charge is 0.0953 e. The molecule has 3 N–H and O–H groups in total. The van der Waals surface area contributed by atoms with E-state index in [1.165, 1.54) is 0 Å². The molecule has 0 bridgehead atoms. The molecular formula is C30H52O5. The molecule has 35 heavy (non-hydrogen) atoms. The van der Waals surface area contributed by atoms with Gasteiger partial charge >= 0.3 is 0 Å². The summed E-state index contributed by atoms with van der Waals surface area (Å²) in [5.74, 6) is 1.30. The lowest BCUT2D eigenvalue weighted by atomic mass is 9.55. The van der Waals surface area contributed by atoms with Crippen LogP contribution in [0.3, 0.4) is 0 Å². The maximum absolute atomic E-state index is 11.7. The molecule has 5 rings (SSSR count). The highest BCUT2D eigenvalue weighted by atomic mass is 16.6. The molecule has 3 aliphatic carbocycles. The van der Waals surface area contributed by atoms with Crippen LogP contribution < -0.4 is 0 Å². The SMILES string of the molecule is CC1(O)CCC2C1CC1OC1(C)C(CCC1C(C)(O)CCC3OC(C)(C)C(O)CCC31C)C2(C)C. The molecule has 0 aromatic rings. The van der Waals surface area contributed by atoms with Crippen molar-refractivity contribution in [1.82, 2.24) is 0 Å². The van der Waals surface area contributed by atoms with Crippen molar-refractivity contribution in [1.29, 1.82) is 0 Å². The van der Waals surface area contributed by atoms with Crippen LogP contribution in [0.25, 0.3) is 0 Å². The zero-order valence-electron chi connectivity index (χ0n) is 23.6. The van der Waals surface area contributed by atoms with Crippen LogP contribution in [-0.2, 0) is 9.47 Å². The fourth-order valence-electron chi connectivity index (χ4n) is 9.93. The number of aliphatic hydroxyl groups excluding tert-OH is 1.